The van der Waals surface area contributed by atoms with Crippen LogP contribution in [0, 0.1) is 11.3 Å². The first-order chi connectivity index (χ1) is 8.83. The molecular formula is C13H18N4O. The second-order valence-corrected chi connectivity index (χ2v) is 4.48. The van der Waals surface area contributed by atoms with E-state index in [0.29, 0.717) is 18.2 Å². The van der Waals surface area contributed by atoms with Gasteiger partial charge in [-0.2, -0.15) is 5.26 Å². The van der Waals surface area contributed by atoms with Gasteiger partial charge in [-0.15, -0.1) is 0 Å². The van der Waals surface area contributed by atoms with E-state index in [1.807, 2.05) is 6.07 Å². The third-order valence-corrected chi connectivity index (χ3v) is 3.17. The van der Waals surface area contributed by atoms with Gasteiger partial charge in [0.05, 0.1) is 12.2 Å². The first kappa shape index (κ1) is 12.8. The van der Waals surface area contributed by atoms with Gasteiger partial charge >= 0.3 is 0 Å². The van der Waals surface area contributed by atoms with Crippen molar-refractivity contribution in [1.82, 2.24) is 10.3 Å². The molecule has 5 heteroatoms. The number of aliphatic hydroxyl groups excluding tert-OH is 1. The lowest BCUT2D eigenvalue weighted by Crippen LogP contribution is -2.39. The lowest BCUT2D eigenvalue weighted by Gasteiger charge is -2.26. The monoisotopic (exact) mass is 246 g/mol. The van der Waals surface area contributed by atoms with Crippen LogP contribution in [0.25, 0.3) is 0 Å². The molecule has 1 aliphatic heterocycles. The van der Waals surface area contributed by atoms with E-state index in [4.69, 9.17) is 10.4 Å². The van der Waals surface area contributed by atoms with E-state index in [-0.39, 0.29) is 6.61 Å². The zero-order valence-electron chi connectivity index (χ0n) is 10.3. The van der Waals surface area contributed by atoms with Crippen molar-refractivity contribution in [3.05, 3.63) is 23.9 Å². The number of aliphatic hydroxyl groups is 1. The van der Waals surface area contributed by atoms with Crippen LogP contribution >= 0.6 is 0 Å². The largest absolute Gasteiger partial charge is 0.395 e. The summed E-state index contributed by atoms with van der Waals surface area (Å²) < 4.78 is 0. The molecule has 2 heterocycles. The van der Waals surface area contributed by atoms with Gasteiger partial charge in [-0.25, -0.2) is 4.98 Å². The molecule has 0 amide bonds. The predicted molar refractivity (Wildman–Crippen MR) is 69.3 cm³/mol. The minimum atomic E-state index is 0.106. The molecular weight excluding hydrogens is 228 g/mol. The van der Waals surface area contributed by atoms with Crippen LogP contribution in [0.1, 0.15) is 18.4 Å². The lowest BCUT2D eigenvalue weighted by atomic mass is 10.2. The Labute approximate surface area is 107 Å². The summed E-state index contributed by atoms with van der Waals surface area (Å²) in [7, 11) is 0. The standard InChI is InChI=1S/C13H18N4O/c14-8-11-3-4-13(16-9-11)17(6-7-18)10-12-2-1-5-15-12/h3-4,9,12,15,18H,1-2,5-7,10H2. The highest BCUT2D eigenvalue weighted by Gasteiger charge is 2.18. The van der Waals surface area contributed by atoms with E-state index < -0.39 is 0 Å². The average Bonchev–Trinajstić information content (AvgIpc) is 2.91. The highest BCUT2D eigenvalue weighted by molar-refractivity contribution is 5.42. The molecule has 1 saturated heterocycles. The van der Waals surface area contributed by atoms with Crippen LogP contribution in [0.15, 0.2) is 18.3 Å². The summed E-state index contributed by atoms with van der Waals surface area (Å²) in [4.78, 5) is 6.33. The molecule has 1 aromatic heterocycles. The quantitative estimate of drug-likeness (QED) is 0.791. The number of nitriles is 1. The van der Waals surface area contributed by atoms with E-state index >= 15 is 0 Å². The number of aromatic nitrogens is 1. The zero-order valence-corrected chi connectivity index (χ0v) is 10.3. The fraction of sp³-hybridized carbons (Fsp3) is 0.538. The molecule has 1 fully saturated rings. The van der Waals surface area contributed by atoms with Crippen LogP contribution in [0.3, 0.4) is 0 Å². The van der Waals surface area contributed by atoms with Crippen molar-refractivity contribution in [3.8, 4) is 6.07 Å². The Kier molecular flexibility index (Phi) is 4.51. The van der Waals surface area contributed by atoms with Crippen molar-refractivity contribution in [3.63, 3.8) is 0 Å². The summed E-state index contributed by atoms with van der Waals surface area (Å²) in [6.45, 7) is 2.59. The number of hydrogen-bond donors (Lipinski definition) is 2. The van der Waals surface area contributed by atoms with Crippen molar-refractivity contribution in [2.75, 3.05) is 31.1 Å². The van der Waals surface area contributed by atoms with Gasteiger partial charge in [0.15, 0.2) is 0 Å². The van der Waals surface area contributed by atoms with Gasteiger partial charge in [0.1, 0.15) is 11.9 Å². The van der Waals surface area contributed by atoms with Crippen LogP contribution in [-0.4, -0.2) is 42.4 Å². The lowest BCUT2D eigenvalue weighted by molar-refractivity contribution is 0.300. The SMILES string of the molecule is N#Cc1ccc(N(CCO)CC2CCCN2)nc1. The summed E-state index contributed by atoms with van der Waals surface area (Å²) in [6.07, 6.45) is 3.94. The molecule has 0 aliphatic carbocycles. The molecule has 2 rings (SSSR count). The normalized spacial score (nSPS) is 18.6. The Morgan fingerprint density at radius 2 is 2.44 bits per heavy atom. The molecule has 1 aliphatic rings. The number of hydrogen-bond acceptors (Lipinski definition) is 5. The molecule has 2 N–H and O–H groups in total. The predicted octanol–water partition coefficient (Wildman–Crippen LogP) is 0.504. The van der Waals surface area contributed by atoms with Gasteiger partial charge in [0.2, 0.25) is 0 Å². The molecule has 1 atom stereocenters. The number of anilines is 1. The highest BCUT2D eigenvalue weighted by atomic mass is 16.3. The highest BCUT2D eigenvalue weighted by Crippen LogP contribution is 2.14. The minimum Gasteiger partial charge on any atom is -0.395 e. The van der Waals surface area contributed by atoms with Gasteiger partial charge in [0, 0.05) is 25.3 Å². The molecule has 0 aromatic carbocycles. The van der Waals surface area contributed by atoms with E-state index in [1.165, 1.54) is 6.42 Å². The summed E-state index contributed by atoms with van der Waals surface area (Å²) in [6, 6.07) is 6.12. The van der Waals surface area contributed by atoms with E-state index in [1.54, 1.807) is 12.3 Å². The van der Waals surface area contributed by atoms with Crippen LogP contribution in [0.5, 0.6) is 0 Å². The van der Waals surface area contributed by atoms with E-state index in [2.05, 4.69) is 21.3 Å². The molecule has 96 valence electrons. The van der Waals surface area contributed by atoms with Crippen molar-refractivity contribution < 1.29 is 5.11 Å². The smallest absolute Gasteiger partial charge is 0.128 e. The number of nitrogens with one attached hydrogen (secondary N) is 1. The maximum Gasteiger partial charge on any atom is 0.128 e. The summed E-state index contributed by atoms with van der Waals surface area (Å²) in [5.74, 6) is 0.816. The topological polar surface area (TPSA) is 72.2 Å². The van der Waals surface area contributed by atoms with Crippen molar-refractivity contribution in [2.24, 2.45) is 0 Å². The zero-order chi connectivity index (χ0) is 12.8. The fourth-order valence-electron chi connectivity index (χ4n) is 2.24. The molecule has 0 saturated carbocycles. The maximum atomic E-state index is 9.13. The van der Waals surface area contributed by atoms with Gasteiger partial charge in [-0.05, 0) is 31.5 Å². The minimum absolute atomic E-state index is 0.106. The van der Waals surface area contributed by atoms with Gasteiger partial charge in [0.25, 0.3) is 0 Å². The molecule has 0 bridgehead atoms. The van der Waals surface area contributed by atoms with Gasteiger partial charge in [-0.3, -0.25) is 0 Å². The Hall–Kier alpha value is -1.64. The molecule has 18 heavy (non-hydrogen) atoms. The Bertz CT molecular complexity index is 406. The second kappa shape index (κ2) is 6.34. The Balaban J connectivity index is 2.05. The van der Waals surface area contributed by atoms with Crippen LogP contribution in [0.4, 0.5) is 5.82 Å². The third kappa shape index (κ3) is 3.19. The second-order valence-electron chi connectivity index (χ2n) is 4.48. The Morgan fingerprint density at radius 1 is 1.56 bits per heavy atom. The first-order valence-corrected chi connectivity index (χ1v) is 6.29. The number of rotatable bonds is 5. The first-order valence-electron chi connectivity index (χ1n) is 6.29. The van der Waals surface area contributed by atoms with E-state index in [9.17, 15) is 0 Å². The number of pyridine rings is 1. The summed E-state index contributed by atoms with van der Waals surface area (Å²) in [5, 5.41) is 21.3. The van der Waals surface area contributed by atoms with Crippen molar-refractivity contribution in [2.45, 2.75) is 18.9 Å². The van der Waals surface area contributed by atoms with Crippen LogP contribution in [-0.2, 0) is 0 Å². The molecule has 0 spiro atoms. The van der Waals surface area contributed by atoms with Crippen LogP contribution < -0.4 is 10.2 Å². The van der Waals surface area contributed by atoms with Gasteiger partial charge in [-0.1, -0.05) is 0 Å². The summed E-state index contributed by atoms with van der Waals surface area (Å²) in [5.41, 5.74) is 0.557. The van der Waals surface area contributed by atoms with Crippen molar-refractivity contribution in [1.29, 1.82) is 5.26 Å². The van der Waals surface area contributed by atoms with Crippen molar-refractivity contribution >= 4 is 5.82 Å². The van der Waals surface area contributed by atoms with Crippen LogP contribution in [0.2, 0.25) is 0 Å². The number of nitrogens with zero attached hydrogens (tertiary/aromatic N) is 3. The molecule has 1 aromatic rings. The van der Waals surface area contributed by atoms with Gasteiger partial charge < -0.3 is 15.3 Å². The Morgan fingerprint density at radius 3 is 3.00 bits per heavy atom. The van der Waals surface area contributed by atoms with E-state index in [0.717, 1.165) is 25.3 Å². The molecule has 1 unspecified atom stereocenters. The molecule has 5 nitrogen and oxygen atoms in total. The average molecular weight is 246 g/mol. The summed E-state index contributed by atoms with van der Waals surface area (Å²) >= 11 is 0. The third-order valence-electron chi connectivity index (χ3n) is 3.17. The fourth-order valence-corrected chi connectivity index (χ4v) is 2.24. The molecule has 0 radical (unpaired) electrons. The maximum absolute atomic E-state index is 9.13.